The molecule has 2 rings (SSSR count). The summed E-state index contributed by atoms with van der Waals surface area (Å²) in [6.45, 7) is 1.76. The van der Waals surface area contributed by atoms with E-state index in [1.165, 1.54) is 29.0 Å². The Kier molecular flexibility index (Phi) is 3.89. The number of hydrogen-bond donors (Lipinski definition) is 2. The van der Waals surface area contributed by atoms with Gasteiger partial charge in [-0.15, -0.1) is 0 Å². The van der Waals surface area contributed by atoms with E-state index in [0.717, 1.165) is 0 Å². The van der Waals surface area contributed by atoms with Gasteiger partial charge in [-0.1, -0.05) is 0 Å². The number of nitrogens with zero attached hydrogens (tertiary/aromatic N) is 2. The SMILES string of the molecule is Cc1c(Br)cc(C(=O)Nc2ncccc2O)c(=O)n1C. The number of carbonyl (C=O) groups is 1. The van der Waals surface area contributed by atoms with Crippen molar-refractivity contribution in [2.45, 2.75) is 6.92 Å². The molecular weight excluding hydrogens is 326 g/mol. The summed E-state index contributed by atoms with van der Waals surface area (Å²) in [5.74, 6) is -0.777. The van der Waals surface area contributed by atoms with Gasteiger partial charge in [-0.25, -0.2) is 4.98 Å². The second kappa shape index (κ2) is 5.46. The number of anilines is 1. The molecule has 20 heavy (non-hydrogen) atoms. The predicted molar refractivity (Wildman–Crippen MR) is 78.0 cm³/mol. The maximum atomic E-state index is 12.1. The normalized spacial score (nSPS) is 10.3. The zero-order valence-electron chi connectivity index (χ0n) is 10.8. The van der Waals surface area contributed by atoms with E-state index in [1.54, 1.807) is 14.0 Å². The Labute approximate surface area is 123 Å². The van der Waals surface area contributed by atoms with E-state index >= 15 is 0 Å². The molecule has 2 aromatic rings. The van der Waals surface area contributed by atoms with Crippen LogP contribution >= 0.6 is 15.9 Å². The first-order valence-electron chi connectivity index (χ1n) is 5.73. The van der Waals surface area contributed by atoms with Gasteiger partial charge >= 0.3 is 0 Å². The smallest absolute Gasteiger partial charge is 0.263 e. The maximum absolute atomic E-state index is 12.1. The Morgan fingerprint density at radius 2 is 2.20 bits per heavy atom. The summed E-state index contributed by atoms with van der Waals surface area (Å²) in [6, 6.07) is 4.38. The topological polar surface area (TPSA) is 84.2 Å². The number of amides is 1. The Hall–Kier alpha value is -2.15. The number of carbonyl (C=O) groups excluding carboxylic acids is 1. The van der Waals surface area contributed by atoms with Crippen molar-refractivity contribution < 1.29 is 9.90 Å². The van der Waals surface area contributed by atoms with Gasteiger partial charge in [0.15, 0.2) is 11.6 Å². The van der Waals surface area contributed by atoms with Gasteiger partial charge in [-0.05, 0) is 41.1 Å². The molecule has 2 aromatic heterocycles. The van der Waals surface area contributed by atoms with Crippen LogP contribution in [0.25, 0.3) is 0 Å². The maximum Gasteiger partial charge on any atom is 0.263 e. The Balaban J connectivity index is 2.41. The van der Waals surface area contributed by atoms with E-state index in [0.29, 0.717) is 10.2 Å². The van der Waals surface area contributed by atoms with E-state index in [2.05, 4.69) is 26.2 Å². The molecular formula is C13H12BrN3O3. The Morgan fingerprint density at radius 3 is 2.85 bits per heavy atom. The molecule has 2 N–H and O–H groups in total. The summed E-state index contributed by atoms with van der Waals surface area (Å²) in [4.78, 5) is 28.0. The molecule has 0 fully saturated rings. The van der Waals surface area contributed by atoms with Gasteiger partial charge in [0, 0.05) is 23.4 Å². The zero-order chi connectivity index (χ0) is 14.9. The molecule has 0 saturated heterocycles. The van der Waals surface area contributed by atoms with Gasteiger partial charge in [0.25, 0.3) is 11.5 Å². The highest BCUT2D eigenvalue weighted by atomic mass is 79.9. The largest absolute Gasteiger partial charge is 0.504 e. The highest BCUT2D eigenvalue weighted by molar-refractivity contribution is 9.10. The minimum Gasteiger partial charge on any atom is -0.504 e. The zero-order valence-corrected chi connectivity index (χ0v) is 12.4. The monoisotopic (exact) mass is 337 g/mol. The van der Waals surface area contributed by atoms with Crippen LogP contribution in [0.15, 0.2) is 33.7 Å². The number of halogens is 1. The number of pyridine rings is 2. The van der Waals surface area contributed by atoms with E-state index in [1.807, 2.05) is 0 Å². The van der Waals surface area contributed by atoms with Crippen molar-refractivity contribution in [2.75, 3.05) is 5.32 Å². The number of aromatic nitrogens is 2. The second-order valence-electron chi connectivity index (χ2n) is 4.18. The Bertz CT molecular complexity index is 740. The van der Waals surface area contributed by atoms with Crippen molar-refractivity contribution in [2.24, 2.45) is 7.05 Å². The minimum atomic E-state index is -0.625. The Morgan fingerprint density at radius 1 is 1.50 bits per heavy atom. The molecule has 0 aliphatic heterocycles. The predicted octanol–water partition coefficient (Wildman–Crippen LogP) is 1.81. The fraction of sp³-hybridized carbons (Fsp3) is 0.154. The van der Waals surface area contributed by atoms with Gasteiger partial charge in [0.05, 0.1) is 0 Å². The molecule has 0 aliphatic carbocycles. The summed E-state index contributed by atoms with van der Waals surface area (Å²) < 4.78 is 2.02. The third kappa shape index (κ3) is 2.57. The quantitative estimate of drug-likeness (QED) is 0.875. The lowest BCUT2D eigenvalue weighted by molar-refractivity contribution is 0.102. The van der Waals surface area contributed by atoms with E-state index in [4.69, 9.17) is 0 Å². The third-order valence-electron chi connectivity index (χ3n) is 2.92. The van der Waals surface area contributed by atoms with Crippen molar-refractivity contribution in [3.63, 3.8) is 0 Å². The summed E-state index contributed by atoms with van der Waals surface area (Å²) in [6.07, 6.45) is 1.43. The van der Waals surface area contributed by atoms with Crippen LogP contribution in [0.2, 0.25) is 0 Å². The number of aromatic hydroxyl groups is 1. The second-order valence-corrected chi connectivity index (χ2v) is 5.04. The van der Waals surface area contributed by atoms with Crippen LogP contribution in [-0.4, -0.2) is 20.6 Å². The van der Waals surface area contributed by atoms with Gasteiger partial charge in [0.2, 0.25) is 0 Å². The van der Waals surface area contributed by atoms with Crippen LogP contribution < -0.4 is 10.9 Å². The lowest BCUT2D eigenvalue weighted by Gasteiger charge is -2.10. The summed E-state index contributed by atoms with van der Waals surface area (Å²) in [5.41, 5.74) is 0.265. The summed E-state index contributed by atoms with van der Waals surface area (Å²) in [7, 11) is 1.58. The fourth-order valence-electron chi connectivity index (χ4n) is 1.62. The first-order chi connectivity index (χ1) is 9.41. The summed E-state index contributed by atoms with van der Waals surface area (Å²) in [5, 5.41) is 12.0. The molecule has 0 spiro atoms. The molecule has 0 aromatic carbocycles. The molecule has 0 aliphatic rings. The average molecular weight is 338 g/mol. The van der Waals surface area contributed by atoms with Crippen LogP contribution in [0, 0.1) is 6.92 Å². The van der Waals surface area contributed by atoms with Gasteiger partial charge in [-0.3, -0.25) is 9.59 Å². The lowest BCUT2D eigenvalue weighted by atomic mass is 10.2. The molecule has 0 unspecified atom stereocenters. The highest BCUT2D eigenvalue weighted by Crippen LogP contribution is 2.20. The number of nitrogens with one attached hydrogen (secondary N) is 1. The lowest BCUT2D eigenvalue weighted by Crippen LogP contribution is -2.29. The molecule has 0 atom stereocenters. The van der Waals surface area contributed by atoms with E-state index in [-0.39, 0.29) is 17.1 Å². The number of rotatable bonds is 2. The van der Waals surface area contributed by atoms with Crippen molar-refractivity contribution in [3.8, 4) is 5.75 Å². The molecule has 6 nitrogen and oxygen atoms in total. The van der Waals surface area contributed by atoms with Crippen LogP contribution in [0.3, 0.4) is 0 Å². The molecule has 7 heteroatoms. The first-order valence-corrected chi connectivity index (χ1v) is 6.52. The van der Waals surface area contributed by atoms with Crippen molar-refractivity contribution in [3.05, 3.63) is 50.5 Å². The molecule has 0 bridgehead atoms. The van der Waals surface area contributed by atoms with Crippen molar-refractivity contribution in [1.29, 1.82) is 0 Å². The molecule has 0 radical (unpaired) electrons. The molecule has 0 saturated carbocycles. The molecule has 1 amide bonds. The first kappa shape index (κ1) is 14.3. The van der Waals surface area contributed by atoms with Crippen LogP contribution in [0.4, 0.5) is 5.82 Å². The average Bonchev–Trinajstić information content (AvgIpc) is 2.43. The van der Waals surface area contributed by atoms with E-state index < -0.39 is 11.5 Å². The minimum absolute atomic E-state index is 0.0104. The van der Waals surface area contributed by atoms with Crippen LogP contribution in [0.1, 0.15) is 16.1 Å². The summed E-state index contributed by atoms with van der Waals surface area (Å²) >= 11 is 3.29. The standard InChI is InChI=1S/C13H12BrN3O3/c1-7-9(14)6-8(13(20)17(7)2)12(19)16-11-10(18)4-3-5-15-11/h3-6,18H,1-2H3,(H,15,16,19). The van der Waals surface area contributed by atoms with Crippen molar-refractivity contribution in [1.82, 2.24) is 9.55 Å². The molecule has 104 valence electrons. The van der Waals surface area contributed by atoms with Crippen LogP contribution in [0.5, 0.6) is 5.75 Å². The highest BCUT2D eigenvalue weighted by Gasteiger charge is 2.16. The molecule has 2 heterocycles. The van der Waals surface area contributed by atoms with Gasteiger partial charge < -0.3 is 15.0 Å². The fourth-order valence-corrected chi connectivity index (χ4v) is 2.11. The van der Waals surface area contributed by atoms with Crippen LogP contribution in [-0.2, 0) is 7.05 Å². The van der Waals surface area contributed by atoms with E-state index in [9.17, 15) is 14.7 Å². The number of hydrogen-bond acceptors (Lipinski definition) is 4. The van der Waals surface area contributed by atoms with Gasteiger partial charge in [0.1, 0.15) is 5.56 Å². The van der Waals surface area contributed by atoms with Crippen molar-refractivity contribution >= 4 is 27.7 Å². The third-order valence-corrected chi connectivity index (χ3v) is 3.72. The van der Waals surface area contributed by atoms with Gasteiger partial charge in [-0.2, -0.15) is 0 Å².